The van der Waals surface area contributed by atoms with Crippen molar-refractivity contribution >= 4 is 11.6 Å². The summed E-state index contributed by atoms with van der Waals surface area (Å²) in [5.74, 6) is -0.751. The van der Waals surface area contributed by atoms with Crippen molar-refractivity contribution < 1.29 is 17.6 Å². The molecule has 6 heteroatoms. The first-order valence-corrected chi connectivity index (χ1v) is 4.95. The van der Waals surface area contributed by atoms with Crippen LogP contribution in [0.4, 0.5) is 17.6 Å². The van der Waals surface area contributed by atoms with E-state index in [0.717, 1.165) is 0 Å². The molecule has 16 heavy (non-hydrogen) atoms. The number of nitrogens with two attached hydrogens (primary N) is 1. The molecule has 1 rings (SSSR count). The van der Waals surface area contributed by atoms with E-state index in [1.54, 1.807) is 0 Å². The second-order valence-electron chi connectivity index (χ2n) is 3.40. The van der Waals surface area contributed by atoms with Gasteiger partial charge in [-0.1, -0.05) is 23.7 Å². The molecule has 1 atom stereocenters. The Kier molecular flexibility index (Phi) is 4.15. The molecule has 1 aromatic rings. The maximum Gasteiger partial charge on any atom is 0.389 e. The lowest BCUT2D eigenvalue weighted by Crippen LogP contribution is -2.17. The average Bonchev–Trinajstić information content (AvgIpc) is 2.17. The molecular weight excluding hydrogens is 246 g/mol. The highest BCUT2D eigenvalue weighted by Gasteiger charge is 2.28. The fourth-order valence-corrected chi connectivity index (χ4v) is 1.46. The van der Waals surface area contributed by atoms with Gasteiger partial charge in [0.15, 0.2) is 0 Å². The van der Waals surface area contributed by atoms with Crippen molar-refractivity contribution in [3.8, 4) is 0 Å². The van der Waals surface area contributed by atoms with Crippen LogP contribution in [0.3, 0.4) is 0 Å². The molecule has 0 fully saturated rings. The molecule has 0 radical (unpaired) electrons. The highest BCUT2D eigenvalue weighted by molar-refractivity contribution is 6.30. The molecule has 0 aliphatic rings. The van der Waals surface area contributed by atoms with Gasteiger partial charge in [0.05, 0.1) is 5.02 Å². The zero-order valence-electron chi connectivity index (χ0n) is 8.19. The first-order chi connectivity index (χ1) is 7.31. The van der Waals surface area contributed by atoms with Gasteiger partial charge in [-0.05, 0) is 12.5 Å². The standard InChI is InChI=1S/C10H10ClF4N/c11-7-3-1-2-6(9(7)12)8(16)4-5-10(13,14)15/h1-3,8H,4-5,16H2/t8-/m1/s1. The van der Waals surface area contributed by atoms with Gasteiger partial charge in [-0.25, -0.2) is 4.39 Å². The SMILES string of the molecule is N[C@H](CCC(F)(F)F)c1cccc(Cl)c1F. The molecule has 0 aliphatic carbocycles. The molecule has 90 valence electrons. The Balaban J connectivity index is 2.73. The van der Waals surface area contributed by atoms with Crippen LogP contribution in [0.2, 0.25) is 5.02 Å². The van der Waals surface area contributed by atoms with E-state index in [4.69, 9.17) is 17.3 Å². The van der Waals surface area contributed by atoms with Crippen LogP contribution in [0.15, 0.2) is 18.2 Å². The number of hydrogen-bond donors (Lipinski definition) is 1. The summed E-state index contributed by atoms with van der Waals surface area (Å²) in [4.78, 5) is 0. The van der Waals surface area contributed by atoms with Gasteiger partial charge in [-0.15, -0.1) is 0 Å². The van der Waals surface area contributed by atoms with E-state index in [0.29, 0.717) is 0 Å². The molecule has 0 aromatic heterocycles. The van der Waals surface area contributed by atoms with Crippen LogP contribution < -0.4 is 5.73 Å². The topological polar surface area (TPSA) is 26.0 Å². The van der Waals surface area contributed by atoms with Crippen LogP contribution in [0.1, 0.15) is 24.4 Å². The number of halogens is 5. The fourth-order valence-electron chi connectivity index (χ4n) is 1.28. The average molecular weight is 256 g/mol. The van der Waals surface area contributed by atoms with Gasteiger partial charge in [-0.3, -0.25) is 0 Å². The molecule has 0 spiro atoms. The predicted molar refractivity (Wildman–Crippen MR) is 53.6 cm³/mol. The van der Waals surface area contributed by atoms with E-state index in [-0.39, 0.29) is 17.0 Å². The predicted octanol–water partition coefficient (Wildman–Crippen LogP) is 3.82. The van der Waals surface area contributed by atoms with Crippen LogP contribution in [0, 0.1) is 5.82 Å². The molecule has 0 bridgehead atoms. The largest absolute Gasteiger partial charge is 0.389 e. The van der Waals surface area contributed by atoms with Gasteiger partial charge in [0.1, 0.15) is 5.82 Å². The maximum atomic E-state index is 13.4. The zero-order valence-corrected chi connectivity index (χ0v) is 8.95. The Labute approximate surface area is 95.2 Å². The van der Waals surface area contributed by atoms with Crippen LogP contribution in [-0.2, 0) is 0 Å². The molecule has 0 amide bonds. The van der Waals surface area contributed by atoms with Gasteiger partial charge < -0.3 is 5.73 Å². The Morgan fingerprint density at radius 2 is 1.94 bits per heavy atom. The zero-order chi connectivity index (χ0) is 12.3. The van der Waals surface area contributed by atoms with Crippen molar-refractivity contribution in [1.82, 2.24) is 0 Å². The van der Waals surface area contributed by atoms with Gasteiger partial charge >= 0.3 is 6.18 Å². The van der Waals surface area contributed by atoms with Crippen molar-refractivity contribution in [2.45, 2.75) is 25.1 Å². The lowest BCUT2D eigenvalue weighted by Gasteiger charge is -2.14. The van der Waals surface area contributed by atoms with Gasteiger partial charge in [0, 0.05) is 18.0 Å². The van der Waals surface area contributed by atoms with E-state index in [9.17, 15) is 17.6 Å². The summed E-state index contributed by atoms with van der Waals surface area (Å²) in [5.41, 5.74) is 5.48. The summed E-state index contributed by atoms with van der Waals surface area (Å²) in [5, 5.41) is -0.139. The van der Waals surface area contributed by atoms with Crippen LogP contribution >= 0.6 is 11.6 Å². The van der Waals surface area contributed by atoms with Crippen LogP contribution in [-0.4, -0.2) is 6.18 Å². The number of rotatable bonds is 3. The minimum atomic E-state index is -4.29. The number of alkyl halides is 3. The molecule has 0 heterocycles. The monoisotopic (exact) mass is 255 g/mol. The van der Waals surface area contributed by atoms with Crippen molar-refractivity contribution in [2.75, 3.05) is 0 Å². The summed E-state index contributed by atoms with van der Waals surface area (Å²) in [7, 11) is 0. The molecule has 0 unspecified atom stereocenters. The minimum Gasteiger partial charge on any atom is -0.324 e. The van der Waals surface area contributed by atoms with E-state index in [1.807, 2.05) is 0 Å². The summed E-state index contributed by atoms with van der Waals surface area (Å²) in [6, 6.07) is 3.10. The van der Waals surface area contributed by atoms with Crippen molar-refractivity contribution in [1.29, 1.82) is 0 Å². The van der Waals surface area contributed by atoms with E-state index in [2.05, 4.69) is 0 Å². The third kappa shape index (κ3) is 3.64. The van der Waals surface area contributed by atoms with E-state index in [1.165, 1.54) is 18.2 Å². The first-order valence-electron chi connectivity index (χ1n) is 4.57. The minimum absolute atomic E-state index is 0.0109. The van der Waals surface area contributed by atoms with Gasteiger partial charge in [0.2, 0.25) is 0 Å². The lowest BCUT2D eigenvalue weighted by atomic mass is 10.0. The molecule has 1 nitrogen and oxygen atoms in total. The number of benzene rings is 1. The Morgan fingerprint density at radius 1 is 1.31 bits per heavy atom. The van der Waals surface area contributed by atoms with Gasteiger partial charge in [0.25, 0.3) is 0 Å². The first kappa shape index (κ1) is 13.3. The lowest BCUT2D eigenvalue weighted by molar-refractivity contribution is -0.136. The fraction of sp³-hybridized carbons (Fsp3) is 0.400. The molecule has 0 saturated heterocycles. The third-order valence-electron chi connectivity index (χ3n) is 2.12. The maximum absolute atomic E-state index is 13.4. The Bertz CT molecular complexity index is 364. The summed E-state index contributed by atoms with van der Waals surface area (Å²) in [6.07, 6.45) is -5.69. The number of hydrogen-bond acceptors (Lipinski definition) is 1. The normalized spacial score (nSPS) is 13.9. The third-order valence-corrected chi connectivity index (χ3v) is 2.41. The van der Waals surface area contributed by atoms with Crippen LogP contribution in [0.5, 0.6) is 0 Å². The molecule has 0 aliphatic heterocycles. The summed E-state index contributed by atoms with van der Waals surface area (Å²) >= 11 is 5.50. The van der Waals surface area contributed by atoms with Crippen molar-refractivity contribution in [3.05, 3.63) is 34.6 Å². The van der Waals surface area contributed by atoms with Gasteiger partial charge in [-0.2, -0.15) is 13.2 Å². The summed E-state index contributed by atoms with van der Waals surface area (Å²) < 4.78 is 49.2. The van der Waals surface area contributed by atoms with Crippen LogP contribution in [0.25, 0.3) is 0 Å². The highest BCUT2D eigenvalue weighted by Crippen LogP contribution is 2.29. The Morgan fingerprint density at radius 3 is 2.50 bits per heavy atom. The second kappa shape index (κ2) is 5.01. The molecule has 2 N–H and O–H groups in total. The summed E-state index contributed by atoms with van der Waals surface area (Å²) in [6.45, 7) is 0. The quantitative estimate of drug-likeness (QED) is 0.817. The Hall–Kier alpha value is -0.810. The molecule has 0 saturated carbocycles. The van der Waals surface area contributed by atoms with E-state index >= 15 is 0 Å². The van der Waals surface area contributed by atoms with Crippen molar-refractivity contribution in [3.63, 3.8) is 0 Å². The molecular formula is C10H10ClF4N. The molecule has 1 aromatic carbocycles. The smallest absolute Gasteiger partial charge is 0.324 e. The van der Waals surface area contributed by atoms with Crippen molar-refractivity contribution in [2.24, 2.45) is 5.73 Å². The van der Waals surface area contributed by atoms with E-state index < -0.39 is 24.5 Å². The second-order valence-corrected chi connectivity index (χ2v) is 3.81. The highest BCUT2D eigenvalue weighted by atomic mass is 35.5.